The molecule has 2 aromatic rings. The third-order valence-corrected chi connectivity index (χ3v) is 5.89. The minimum Gasteiger partial charge on any atom is -0.354 e. The Bertz CT molecular complexity index is 979. The van der Waals surface area contributed by atoms with E-state index in [1.807, 2.05) is 0 Å². The van der Waals surface area contributed by atoms with Gasteiger partial charge >= 0.3 is 0 Å². The van der Waals surface area contributed by atoms with Crippen molar-refractivity contribution in [2.75, 3.05) is 6.54 Å². The van der Waals surface area contributed by atoms with Gasteiger partial charge in [0.25, 0.3) is 5.91 Å². The van der Waals surface area contributed by atoms with Crippen LogP contribution in [0.1, 0.15) is 42.5 Å². The summed E-state index contributed by atoms with van der Waals surface area (Å²) in [5, 5.41) is 8.53. The van der Waals surface area contributed by atoms with E-state index in [1.165, 1.54) is 18.3 Å². The Kier molecular flexibility index (Phi) is 6.25. The number of carbonyl (C=O) groups excluding carboxylic acids is 3. The lowest BCUT2D eigenvalue weighted by Gasteiger charge is -2.29. The first-order valence-electron chi connectivity index (χ1n) is 10.6. The molecular formula is C23H25FN4O3. The number of hydrogen-bond acceptors (Lipinski definition) is 4. The molecule has 0 spiro atoms. The maximum atomic E-state index is 13.4. The highest BCUT2D eigenvalue weighted by Gasteiger charge is 2.32. The monoisotopic (exact) mass is 424 g/mol. The molecule has 0 radical (unpaired) electrons. The minimum absolute atomic E-state index is 0.114. The molecule has 1 aliphatic heterocycles. The maximum absolute atomic E-state index is 13.4. The smallest absolute Gasteiger partial charge is 0.253 e. The summed E-state index contributed by atoms with van der Waals surface area (Å²) >= 11 is 0. The molecule has 2 fully saturated rings. The van der Waals surface area contributed by atoms with Gasteiger partial charge in [0.1, 0.15) is 11.9 Å². The highest BCUT2D eigenvalue weighted by molar-refractivity contribution is 5.94. The summed E-state index contributed by atoms with van der Waals surface area (Å²) in [6.07, 6.45) is 5.00. The third kappa shape index (κ3) is 5.07. The van der Waals surface area contributed by atoms with Crippen LogP contribution in [0.4, 0.5) is 4.39 Å². The van der Waals surface area contributed by atoms with Crippen LogP contribution in [0, 0.1) is 11.7 Å². The molecule has 2 unspecified atom stereocenters. The number of aromatic nitrogens is 1. The fraction of sp³-hybridized carbons (Fsp3) is 0.391. The van der Waals surface area contributed by atoms with Gasteiger partial charge in [0.15, 0.2) is 0 Å². The van der Waals surface area contributed by atoms with Crippen LogP contribution in [0.5, 0.6) is 0 Å². The molecular weight excluding hydrogens is 399 g/mol. The van der Waals surface area contributed by atoms with Crippen LogP contribution in [0.25, 0.3) is 11.3 Å². The summed E-state index contributed by atoms with van der Waals surface area (Å²) in [7, 11) is 0. The number of rotatable bonds is 5. The number of carbonyl (C=O) groups is 3. The molecule has 1 saturated heterocycles. The number of benzene rings is 1. The van der Waals surface area contributed by atoms with Gasteiger partial charge in [0.2, 0.25) is 11.8 Å². The number of hydrogen-bond donors (Lipinski definition) is 3. The molecule has 8 heteroatoms. The van der Waals surface area contributed by atoms with E-state index in [9.17, 15) is 18.8 Å². The quantitative estimate of drug-likeness (QED) is 0.685. The average Bonchev–Trinajstić information content (AvgIpc) is 3.18. The zero-order valence-corrected chi connectivity index (χ0v) is 17.1. The molecule has 1 aliphatic carbocycles. The first kappa shape index (κ1) is 21.0. The molecule has 4 rings (SSSR count). The van der Waals surface area contributed by atoms with E-state index in [2.05, 4.69) is 20.9 Å². The number of nitrogens with one attached hydrogen (secondary N) is 3. The molecule has 7 nitrogen and oxygen atoms in total. The maximum Gasteiger partial charge on any atom is 0.253 e. The van der Waals surface area contributed by atoms with Crippen LogP contribution in [0.3, 0.4) is 0 Å². The molecule has 1 aromatic carbocycles. The Morgan fingerprint density at radius 1 is 1.10 bits per heavy atom. The molecule has 2 heterocycles. The van der Waals surface area contributed by atoms with Crippen molar-refractivity contribution in [1.29, 1.82) is 0 Å². The van der Waals surface area contributed by atoms with Crippen molar-refractivity contribution in [2.24, 2.45) is 5.92 Å². The predicted molar refractivity (Wildman–Crippen MR) is 112 cm³/mol. The van der Waals surface area contributed by atoms with Crippen LogP contribution in [0.15, 0.2) is 42.6 Å². The van der Waals surface area contributed by atoms with E-state index >= 15 is 0 Å². The van der Waals surface area contributed by atoms with Crippen molar-refractivity contribution in [1.82, 2.24) is 20.9 Å². The second kappa shape index (κ2) is 9.24. The van der Waals surface area contributed by atoms with Crippen LogP contribution in [0.2, 0.25) is 0 Å². The predicted octanol–water partition coefficient (Wildman–Crippen LogP) is 2.18. The number of halogens is 1. The Labute approximate surface area is 179 Å². The molecule has 31 heavy (non-hydrogen) atoms. The standard InChI is InChI=1S/C23H25FN4O3/c24-17-5-1-3-14(11-17)19-8-7-16(13-26-19)22(30)27-18-6-2-4-15(12-18)21(29)28-20-9-10-25-23(20)31/h1,3,5,7-8,11,13,15,18,20H,2,4,6,9-10,12H2,(H,25,31)(H,27,30)(H,28,29)/t15?,18?,20-/m1/s1. The van der Waals surface area contributed by atoms with Crippen LogP contribution in [-0.2, 0) is 9.59 Å². The zero-order chi connectivity index (χ0) is 21.8. The Morgan fingerprint density at radius 2 is 1.97 bits per heavy atom. The van der Waals surface area contributed by atoms with Crippen LogP contribution < -0.4 is 16.0 Å². The highest BCUT2D eigenvalue weighted by atomic mass is 19.1. The highest BCUT2D eigenvalue weighted by Crippen LogP contribution is 2.25. The van der Waals surface area contributed by atoms with Crippen molar-refractivity contribution in [3.63, 3.8) is 0 Å². The Hall–Kier alpha value is -3.29. The van der Waals surface area contributed by atoms with Crippen molar-refractivity contribution in [3.05, 3.63) is 54.0 Å². The number of amides is 3. The molecule has 3 N–H and O–H groups in total. The van der Waals surface area contributed by atoms with Gasteiger partial charge in [0.05, 0.1) is 11.3 Å². The van der Waals surface area contributed by atoms with Crippen LogP contribution >= 0.6 is 0 Å². The lowest BCUT2D eigenvalue weighted by atomic mass is 9.84. The Balaban J connectivity index is 1.33. The van der Waals surface area contributed by atoms with Gasteiger partial charge in [-0.05, 0) is 49.9 Å². The van der Waals surface area contributed by atoms with Gasteiger partial charge in [-0.1, -0.05) is 18.6 Å². The molecule has 1 aromatic heterocycles. The summed E-state index contributed by atoms with van der Waals surface area (Å²) in [5.74, 6) is -1.07. The first-order chi connectivity index (χ1) is 15.0. The molecule has 1 saturated carbocycles. The number of pyridine rings is 1. The van der Waals surface area contributed by atoms with Gasteiger partial charge in [-0.25, -0.2) is 4.39 Å². The average molecular weight is 424 g/mol. The summed E-state index contributed by atoms with van der Waals surface area (Å²) in [5.41, 5.74) is 1.64. The third-order valence-electron chi connectivity index (χ3n) is 5.89. The van der Waals surface area contributed by atoms with Gasteiger partial charge in [-0.15, -0.1) is 0 Å². The molecule has 162 valence electrons. The SMILES string of the molecule is O=C(NC1CCCC(C(=O)N[C@@H]2CCNC2=O)C1)c1ccc(-c2cccc(F)c2)nc1. The normalized spacial score (nSPS) is 23.1. The second-order valence-corrected chi connectivity index (χ2v) is 8.12. The Morgan fingerprint density at radius 3 is 2.68 bits per heavy atom. The van der Waals surface area contributed by atoms with Gasteiger partial charge in [-0.2, -0.15) is 0 Å². The van der Waals surface area contributed by atoms with E-state index in [0.717, 1.165) is 19.3 Å². The lowest BCUT2D eigenvalue weighted by molar-refractivity contribution is -0.130. The lowest BCUT2D eigenvalue weighted by Crippen LogP contribution is -2.46. The topological polar surface area (TPSA) is 100 Å². The van der Waals surface area contributed by atoms with E-state index in [-0.39, 0.29) is 35.5 Å². The van der Waals surface area contributed by atoms with Gasteiger partial charge in [0, 0.05) is 30.3 Å². The first-order valence-corrected chi connectivity index (χ1v) is 10.6. The summed E-state index contributed by atoms with van der Waals surface area (Å²) in [4.78, 5) is 41.2. The molecule has 2 aliphatic rings. The van der Waals surface area contributed by atoms with Crippen molar-refractivity contribution < 1.29 is 18.8 Å². The summed E-state index contributed by atoms with van der Waals surface area (Å²) in [6.45, 7) is 0.583. The van der Waals surface area contributed by atoms with Gasteiger partial charge < -0.3 is 16.0 Å². The van der Waals surface area contributed by atoms with Gasteiger partial charge in [-0.3, -0.25) is 19.4 Å². The summed E-state index contributed by atoms with van der Waals surface area (Å²) in [6, 6.07) is 8.91. The summed E-state index contributed by atoms with van der Waals surface area (Å²) < 4.78 is 13.4. The fourth-order valence-electron chi connectivity index (χ4n) is 4.20. The largest absolute Gasteiger partial charge is 0.354 e. The van der Waals surface area contributed by atoms with E-state index in [0.29, 0.717) is 36.2 Å². The number of nitrogens with zero attached hydrogens (tertiary/aromatic N) is 1. The van der Waals surface area contributed by atoms with Crippen molar-refractivity contribution in [3.8, 4) is 11.3 Å². The zero-order valence-electron chi connectivity index (χ0n) is 17.1. The fourth-order valence-corrected chi connectivity index (χ4v) is 4.20. The van der Waals surface area contributed by atoms with Crippen LogP contribution in [-0.4, -0.2) is 41.3 Å². The molecule has 0 bridgehead atoms. The minimum atomic E-state index is -0.454. The molecule has 3 amide bonds. The van der Waals surface area contributed by atoms with E-state index < -0.39 is 6.04 Å². The van der Waals surface area contributed by atoms with Crippen molar-refractivity contribution in [2.45, 2.75) is 44.2 Å². The molecule has 3 atom stereocenters. The van der Waals surface area contributed by atoms with Crippen molar-refractivity contribution >= 4 is 17.7 Å². The second-order valence-electron chi connectivity index (χ2n) is 8.12. The van der Waals surface area contributed by atoms with E-state index in [4.69, 9.17) is 0 Å². The van der Waals surface area contributed by atoms with E-state index in [1.54, 1.807) is 24.3 Å².